The summed E-state index contributed by atoms with van der Waals surface area (Å²) in [5, 5.41) is 0. The molecule has 0 saturated carbocycles. The molecular weight excluding hydrogens is 238 g/mol. The maximum absolute atomic E-state index is 5.71. The molecule has 0 amide bonds. The van der Waals surface area contributed by atoms with Crippen molar-refractivity contribution in [3.63, 3.8) is 0 Å². The first-order chi connectivity index (χ1) is 9.42. The van der Waals surface area contributed by atoms with E-state index in [0.29, 0.717) is 6.79 Å². The Kier molecular flexibility index (Phi) is 1.66. The fraction of sp³-hybridized carbons (Fsp3) is 0.250. The molecule has 0 aromatic heterocycles. The Morgan fingerprint density at radius 2 is 2.00 bits per heavy atom. The quantitative estimate of drug-likeness (QED) is 0.718. The molecule has 0 saturated heterocycles. The number of anilines is 1. The highest BCUT2D eigenvalue weighted by Gasteiger charge is 2.32. The minimum atomic E-state index is 0.338. The third kappa shape index (κ3) is 1.13. The number of rotatable bonds is 0. The summed E-state index contributed by atoms with van der Waals surface area (Å²) in [6.07, 6.45) is 1.15. The zero-order chi connectivity index (χ0) is 12.4. The van der Waals surface area contributed by atoms with Gasteiger partial charge in [-0.1, -0.05) is 24.3 Å². The maximum Gasteiger partial charge on any atom is 0.231 e. The van der Waals surface area contributed by atoms with Gasteiger partial charge < -0.3 is 14.4 Å². The molecule has 5 rings (SSSR count). The minimum Gasteiger partial charge on any atom is -0.454 e. The van der Waals surface area contributed by atoms with Crippen molar-refractivity contribution in [1.29, 1.82) is 0 Å². The van der Waals surface area contributed by atoms with E-state index in [-0.39, 0.29) is 0 Å². The van der Waals surface area contributed by atoms with Crippen LogP contribution in [0.25, 0.3) is 11.1 Å². The summed E-state index contributed by atoms with van der Waals surface area (Å²) < 4.78 is 11.2. The van der Waals surface area contributed by atoms with Crippen LogP contribution in [0.3, 0.4) is 0 Å². The molecule has 3 aliphatic heterocycles. The number of ether oxygens (including phenoxy) is 2. The van der Waals surface area contributed by atoms with Gasteiger partial charge in [0.05, 0.1) is 0 Å². The average molecular weight is 251 g/mol. The monoisotopic (exact) mass is 251 g/mol. The lowest BCUT2D eigenvalue weighted by molar-refractivity contribution is 0.174. The van der Waals surface area contributed by atoms with Gasteiger partial charge in [-0.15, -0.1) is 0 Å². The maximum atomic E-state index is 5.71. The normalized spacial score (nSPS) is 17.4. The lowest BCUT2D eigenvalue weighted by Crippen LogP contribution is -2.23. The second kappa shape index (κ2) is 3.23. The number of nitrogens with zero attached hydrogens (tertiary/aromatic N) is 1. The highest BCUT2D eigenvalue weighted by molar-refractivity contribution is 5.91. The zero-order valence-corrected chi connectivity index (χ0v) is 10.5. The number of hydrogen-bond donors (Lipinski definition) is 0. The van der Waals surface area contributed by atoms with Crippen LogP contribution in [0, 0.1) is 0 Å². The van der Waals surface area contributed by atoms with E-state index < -0.39 is 0 Å². The third-order valence-corrected chi connectivity index (χ3v) is 4.34. The van der Waals surface area contributed by atoms with Crippen LogP contribution in [0.15, 0.2) is 30.3 Å². The molecule has 0 unspecified atom stereocenters. The molecule has 0 fully saturated rings. The lowest BCUT2D eigenvalue weighted by Gasteiger charge is -2.29. The molecule has 0 atom stereocenters. The Hall–Kier alpha value is -2.16. The Balaban J connectivity index is 1.87. The van der Waals surface area contributed by atoms with Crippen molar-refractivity contribution in [2.24, 2.45) is 0 Å². The summed E-state index contributed by atoms with van der Waals surface area (Å²) >= 11 is 0. The van der Waals surface area contributed by atoms with Gasteiger partial charge >= 0.3 is 0 Å². The molecular formula is C16H13NO2. The average Bonchev–Trinajstić information content (AvgIpc) is 3.06. The molecule has 3 heteroatoms. The van der Waals surface area contributed by atoms with Crippen LogP contribution in [-0.2, 0) is 13.0 Å². The summed E-state index contributed by atoms with van der Waals surface area (Å²) in [6, 6.07) is 10.8. The van der Waals surface area contributed by atoms with Crippen LogP contribution >= 0.6 is 0 Å². The van der Waals surface area contributed by atoms with Gasteiger partial charge in [0.15, 0.2) is 11.5 Å². The number of benzene rings is 2. The Morgan fingerprint density at radius 3 is 3.00 bits per heavy atom. The van der Waals surface area contributed by atoms with E-state index in [1.54, 1.807) is 0 Å². The Morgan fingerprint density at radius 1 is 1.00 bits per heavy atom. The first-order valence-electron chi connectivity index (χ1n) is 6.70. The summed E-state index contributed by atoms with van der Waals surface area (Å²) in [4.78, 5) is 2.48. The van der Waals surface area contributed by atoms with E-state index in [0.717, 1.165) is 31.0 Å². The van der Waals surface area contributed by atoms with Gasteiger partial charge in [0, 0.05) is 29.9 Å². The van der Waals surface area contributed by atoms with E-state index in [2.05, 4.69) is 29.2 Å². The topological polar surface area (TPSA) is 21.7 Å². The standard InChI is InChI=1S/C16H13NO2/c1-2-10-6-7-17-8-11-4-5-13-16(19-9-18-13)14(11)12(3-1)15(10)17/h1-5H,6-9H2. The Labute approximate surface area is 111 Å². The molecule has 0 radical (unpaired) electrons. The third-order valence-electron chi connectivity index (χ3n) is 4.34. The first-order valence-corrected chi connectivity index (χ1v) is 6.70. The summed E-state index contributed by atoms with van der Waals surface area (Å²) in [6.45, 7) is 2.45. The van der Waals surface area contributed by atoms with Crippen molar-refractivity contribution in [2.75, 3.05) is 18.2 Å². The van der Waals surface area contributed by atoms with Crippen molar-refractivity contribution in [3.05, 3.63) is 41.5 Å². The van der Waals surface area contributed by atoms with Crippen LogP contribution in [0.1, 0.15) is 11.1 Å². The fourth-order valence-electron chi connectivity index (χ4n) is 3.54. The lowest BCUT2D eigenvalue weighted by atomic mass is 9.91. The number of para-hydroxylation sites is 1. The summed E-state index contributed by atoms with van der Waals surface area (Å²) in [5.74, 6) is 1.81. The van der Waals surface area contributed by atoms with Crippen LogP contribution in [-0.4, -0.2) is 13.3 Å². The molecule has 3 aliphatic rings. The van der Waals surface area contributed by atoms with Crippen molar-refractivity contribution in [2.45, 2.75) is 13.0 Å². The minimum absolute atomic E-state index is 0.338. The van der Waals surface area contributed by atoms with Crippen LogP contribution in [0.4, 0.5) is 5.69 Å². The zero-order valence-electron chi connectivity index (χ0n) is 10.5. The fourth-order valence-corrected chi connectivity index (χ4v) is 3.54. The van der Waals surface area contributed by atoms with E-state index in [1.807, 2.05) is 6.07 Å². The van der Waals surface area contributed by atoms with E-state index in [1.165, 1.54) is 27.9 Å². The van der Waals surface area contributed by atoms with Gasteiger partial charge in [-0.25, -0.2) is 0 Å². The van der Waals surface area contributed by atoms with Crippen molar-refractivity contribution in [3.8, 4) is 22.6 Å². The summed E-state index contributed by atoms with van der Waals surface area (Å²) in [5.41, 5.74) is 6.75. The highest BCUT2D eigenvalue weighted by Crippen LogP contribution is 2.51. The first kappa shape index (κ1) is 9.73. The summed E-state index contributed by atoms with van der Waals surface area (Å²) in [7, 11) is 0. The second-order valence-electron chi connectivity index (χ2n) is 5.32. The molecule has 0 N–H and O–H groups in total. The molecule has 0 bridgehead atoms. The van der Waals surface area contributed by atoms with Gasteiger partial charge in [-0.3, -0.25) is 0 Å². The van der Waals surface area contributed by atoms with Crippen LogP contribution in [0.5, 0.6) is 11.5 Å². The number of fused-ring (bicyclic) bond motifs is 4. The van der Waals surface area contributed by atoms with Gasteiger partial charge in [-0.05, 0) is 23.6 Å². The van der Waals surface area contributed by atoms with E-state index in [9.17, 15) is 0 Å². The molecule has 3 nitrogen and oxygen atoms in total. The molecule has 0 spiro atoms. The van der Waals surface area contributed by atoms with Gasteiger partial charge in [-0.2, -0.15) is 0 Å². The predicted octanol–water partition coefficient (Wildman–Crippen LogP) is 2.96. The van der Waals surface area contributed by atoms with E-state index >= 15 is 0 Å². The smallest absolute Gasteiger partial charge is 0.231 e. The SMILES string of the molecule is c1cc2c3c(c1)-c1c(ccc4c1OCO4)CN3CC2. The van der Waals surface area contributed by atoms with Gasteiger partial charge in [0.1, 0.15) is 0 Å². The molecule has 2 aromatic carbocycles. The van der Waals surface area contributed by atoms with Crippen LogP contribution < -0.4 is 14.4 Å². The molecule has 2 aromatic rings. The van der Waals surface area contributed by atoms with Crippen molar-refractivity contribution >= 4 is 5.69 Å². The van der Waals surface area contributed by atoms with Crippen LogP contribution in [0.2, 0.25) is 0 Å². The second-order valence-corrected chi connectivity index (χ2v) is 5.32. The molecule has 3 heterocycles. The number of hydrogen-bond acceptors (Lipinski definition) is 3. The molecule has 19 heavy (non-hydrogen) atoms. The van der Waals surface area contributed by atoms with Crippen molar-refractivity contribution in [1.82, 2.24) is 0 Å². The van der Waals surface area contributed by atoms with E-state index in [4.69, 9.17) is 9.47 Å². The molecule has 94 valence electrons. The highest BCUT2D eigenvalue weighted by atomic mass is 16.7. The largest absolute Gasteiger partial charge is 0.454 e. The van der Waals surface area contributed by atoms with Gasteiger partial charge in [0.2, 0.25) is 6.79 Å². The predicted molar refractivity (Wildman–Crippen MR) is 72.8 cm³/mol. The molecule has 0 aliphatic carbocycles. The van der Waals surface area contributed by atoms with Crippen molar-refractivity contribution < 1.29 is 9.47 Å². The van der Waals surface area contributed by atoms with Gasteiger partial charge in [0.25, 0.3) is 0 Å². The Bertz CT molecular complexity index is 708.